The number of nitrogen functional groups attached to an aromatic ring is 1. The van der Waals surface area contributed by atoms with E-state index in [1.165, 1.54) is 6.07 Å². The van der Waals surface area contributed by atoms with Gasteiger partial charge in [0.1, 0.15) is 0 Å². The van der Waals surface area contributed by atoms with Crippen LogP contribution in [-0.2, 0) is 12.6 Å². The molecule has 4 N–H and O–H groups in total. The number of halogens is 3. The molecule has 0 unspecified atom stereocenters. The summed E-state index contributed by atoms with van der Waals surface area (Å²) in [4.78, 5) is 0. The van der Waals surface area contributed by atoms with Gasteiger partial charge in [-0.3, -0.25) is 0 Å². The Balaban J connectivity index is 2.19. The first-order valence-corrected chi connectivity index (χ1v) is 8.19. The van der Waals surface area contributed by atoms with E-state index in [1.54, 1.807) is 30.3 Å². The third-order valence-electron chi connectivity index (χ3n) is 3.39. The van der Waals surface area contributed by atoms with E-state index >= 15 is 0 Å². The van der Waals surface area contributed by atoms with Gasteiger partial charge in [-0.25, -0.2) is 0 Å². The second-order valence-corrected chi connectivity index (χ2v) is 6.62. The predicted octanol–water partition coefficient (Wildman–Crippen LogP) is 5.30. The quantitative estimate of drug-likeness (QED) is 0.507. The summed E-state index contributed by atoms with van der Waals surface area (Å²) in [7, 11) is 0. The number of thiocarbonyl (C=S) groups is 1. The molecule has 0 amide bonds. The number of rotatable bonds is 4. The first kappa shape index (κ1) is 19.1. The summed E-state index contributed by atoms with van der Waals surface area (Å²) in [5, 5.41) is 5.95. The highest BCUT2D eigenvalue weighted by atomic mass is 32.1. The Hall–Kier alpha value is -2.28. The Morgan fingerprint density at radius 3 is 2.20 bits per heavy atom. The van der Waals surface area contributed by atoms with Gasteiger partial charge in [-0.2, -0.15) is 13.2 Å². The van der Waals surface area contributed by atoms with Crippen LogP contribution in [-0.4, -0.2) is 5.11 Å². The van der Waals surface area contributed by atoms with E-state index in [0.717, 1.165) is 6.07 Å². The first-order chi connectivity index (χ1) is 11.6. The fourth-order valence-electron chi connectivity index (χ4n) is 2.38. The van der Waals surface area contributed by atoms with Gasteiger partial charge in [0.2, 0.25) is 0 Å². The standard InChI is InChI=1S/C18H20F3N3S/c1-11(2)7-12-8-13(18(19,20)21)10-16(9-12)24-17(25)23-15-5-3-14(22)4-6-15/h3-6,8-11H,7,22H2,1-2H3,(H2,23,24,25). The zero-order valence-electron chi connectivity index (χ0n) is 13.9. The minimum Gasteiger partial charge on any atom is -0.399 e. The van der Waals surface area contributed by atoms with Crippen LogP contribution in [0.25, 0.3) is 0 Å². The molecule has 0 saturated heterocycles. The van der Waals surface area contributed by atoms with Gasteiger partial charge in [-0.05, 0) is 72.6 Å². The number of alkyl halides is 3. The fourth-order valence-corrected chi connectivity index (χ4v) is 2.61. The van der Waals surface area contributed by atoms with Gasteiger partial charge in [0, 0.05) is 17.1 Å². The van der Waals surface area contributed by atoms with Crippen molar-refractivity contribution in [3.05, 3.63) is 53.6 Å². The highest BCUT2D eigenvalue weighted by Crippen LogP contribution is 2.32. The smallest absolute Gasteiger partial charge is 0.399 e. The molecule has 0 bridgehead atoms. The van der Waals surface area contributed by atoms with Crippen LogP contribution in [0.2, 0.25) is 0 Å². The molecule has 0 aromatic heterocycles. The molecule has 2 rings (SSSR count). The molecule has 0 saturated carbocycles. The molecule has 0 aliphatic rings. The summed E-state index contributed by atoms with van der Waals surface area (Å²) in [6, 6.07) is 10.8. The molecule has 2 aromatic rings. The van der Waals surface area contributed by atoms with Crippen molar-refractivity contribution in [2.24, 2.45) is 5.92 Å². The topological polar surface area (TPSA) is 50.1 Å². The third kappa shape index (κ3) is 5.94. The Morgan fingerprint density at radius 1 is 1.04 bits per heavy atom. The summed E-state index contributed by atoms with van der Waals surface area (Å²) in [5.41, 5.74) is 7.15. The molecule has 0 aliphatic heterocycles. The van der Waals surface area contributed by atoms with Crippen molar-refractivity contribution in [2.45, 2.75) is 26.4 Å². The summed E-state index contributed by atoms with van der Waals surface area (Å²) in [6.45, 7) is 3.92. The molecule has 3 nitrogen and oxygen atoms in total. The van der Waals surface area contributed by atoms with Gasteiger partial charge in [0.15, 0.2) is 5.11 Å². The third-order valence-corrected chi connectivity index (χ3v) is 3.59. The molecule has 0 heterocycles. The summed E-state index contributed by atoms with van der Waals surface area (Å²) in [5.74, 6) is 0.246. The van der Waals surface area contributed by atoms with Crippen LogP contribution in [0.4, 0.5) is 30.2 Å². The molecule has 0 aliphatic carbocycles. The Morgan fingerprint density at radius 2 is 1.64 bits per heavy atom. The zero-order valence-corrected chi connectivity index (χ0v) is 14.8. The minimum absolute atomic E-state index is 0.208. The average Bonchev–Trinajstić information content (AvgIpc) is 2.47. The van der Waals surface area contributed by atoms with Crippen LogP contribution in [0.5, 0.6) is 0 Å². The Kier molecular flexibility index (Phi) is 5.89. The van der Waals surface area contributed by atoms with Crippen molar-refractivity contribution in [2.75, 3.05) is 16.4 Å². The van der Waals surface area contributed by atoms with Crippen molar-refractivity contribution < 1.29 is 13.2 Å². The van der Waals surface area contributed by atoms with Crippen LogP contribution in [0.1, 0.15) is 25.0 Å². The molecule has 134 valence electrons. The maximum absolute atomic E-state index is 13.1. The lowest BCUT2D eigenvalue weighted by atomic mass is 10.00. The number of hydrogen-bond acceptors (Lipinski definition) is 2. The number of benzene rings is 2. The highest BCUT2D eigenvalue weighted by Gasteiger charge is 2.31. The van der Waals surface area contributed by atoms with E-state index in [0.29, 0.717) is 29.0 Å². The van der Waals surface area contributed by atoms with Gasteiger partial charge < -0.3 is 16.4 Å². The van der Waals surface area contributed by atoms with E-state index in [4.69, 9.17) is 18.0 Å². The molecular formula is C18H20F3N3S. The van der Waals surface area contributed by atoms with Crippen LogP contribution >= 0.6 is 12.2 Å². The maximum Gasteiger partial charge on any atom is 0.416 e. The molecule has 0 spiro atoms. The van der Waals surface area contributed by atoms with Gasteiger partial charge >= 0.3 is 6.18 Å². The maximum atomic E-state index is 13.1. The van der Waals surface area contributed by atoms with E-state index in [-0.39, 0.29) is 11.0 Å². The van der Waals surface area contributed by atoms with Gasteiger partial charge in [0.25, 0.3) is 0 Å². The van der Waals surface area contributed by atoms with E-state index < -0.39 is 11.7 Å². The first-order valence-electron chi connectivity index (χ1n) is 7.78. The minimum atomic E-state index is -4.41. The van der Waals surface area contributed by atoms with Crippen molar-refractivity contribution in [3.63, 3.8) is 0 Å². The molecule has 2 aromatic carbocycles. The van der Waals surface area contributed by atoms with Crippen molar-refractivity contribution in [1.29, 1.82) is 0 Å². The number of nitrogens with one attached hydrogen (secondary N) is 2. The summed E-state index contributed by atoms with van der Waals surface area (Å²) in [6.07, 6.45) is -3.85. The van der Waals surface area contributed by atoms with Gasteiger partial charge in [-0.15, -0.1) is 0 Å². The average molecular weight is 367 g/mol. The lowest BCUT2D eigenvalue weighted by Crippen LogP contribution is -2.20. The monoisotopic (exact) mass is 367 g/mol. The van der Waals surface area contributed by atoms with Crippen LogP contribution in [0.3, 0.4) is 0 Å². The van der Waals surface area contributed by atoms with Crippen molar-refractivity contribution in [1.82, 2.24) is 0 Å². The van der Waals surface area contributed by atoms with E-state index in [2.05, 4.69) is 10.6 Å². The van der Waals surface area contributed by atoms with Crippen LogP contribution < -0.4 is 16.4 Å². The van der Waals surface area contributed by atoms with Gasteiger partial charge in [0.05, 0.1) is 5.56 Å². The lowest BCUT2D eigenvalue weighted by molar-refractivity contribution is -0.137. The van der Waals surface area contributed by atoms with Crippen molar-refractivity contribution >= 4 is 34.4 Å². The zero-order chi connectivity index (χ0) is 18.6. The number of anilines is 3. The molecule has 0 radical (unpaired) electrons. The second kappa shape index (κ2) is 7.74. The predicted molar refractivity (Wildman–Crippen MR) is 101 cm³/mol. The second-order valence-electron chi connectivity index (χ2n) is 6.22. The highest BCUT2D eigenvalue weighted by molar-refractivity contribution is 7.80. The van der Waals surface area contributed by atoms with Crippen LogP contribution in [0, 0.1) is 5.92 Å². The normalized spacial score (nSPS) is 11.4. The molecule has 0 atom stereocenters. The molecular weight excluding hydrogens is 347 g/mol. The van der Waals surface area contributed by atoms with Crippen LogP contribution in [0.15, 0.2) is 42.5 Å². The number of nitrogens with two attached hydrogens (primary N) is 1. The van der Waals surface area contributed by atoms with Gasteiger partial charge in [-0.1, -0.05) is 13.8 Å². The lowest BCUT2D eigenvalue weighted by Gasteiger charge is -2.16. The largest absolute Gasteiger partial charge is 0.416 e. The Labute approximate surface area is 150 Å². The molecule has 0 fully saturated rings. The number of hydrogen-bond donors (Lipinski definition) is 3. The summed E-state index contributed by atoms with van der Waals surface area (Å²) < 4.78 is 39.4. The summed E-state index contributed by atoms with van der Waals surface area (Å²) >= 11 is 5.18. The van der Waals surface area contributed by atoms with Crippen molar-refractivity contribution in [3.8, 4) is 0 Å². The molecule has 25 heavy (non-hydrogen) atoms. The SMILES string of the molecule is CC(C)Cc1cc(NC(=S)Nc2ccc(N)cc2)cc(C(F)(F)F)c1. The molecule has 7 heteroatoms. The van der Waals surface area contributed by atoms with E-state index in [9.17, 15) is 13.2 Å². The van der Waals surface area contributed by atoms with E-state index in [1.807, 2.05) is 13.8 Å². The fraction of sp³-hybridized carbons (Fsp3) is 0.278. The Bertz CT molecular complexity index is 740.